The van der Waals surface area contributed by atoms with Gasteiger partial charge in [-0.05, 0) is 87.7 Å². The van der Waals surface area contributed by atoms with E-state index in [1.165, 1.54) is 37.7 Å². The average molecular weight is 385 g/mol. The van der Waals surface area contributed by atoms with Crippen molar-refractivity contribution in [1.82, 2.24) is 20.1 Å². The fourth-order valence-corrected chi connectivity index (χ4v) is 4.99. The van der Waals surface area contributed by atoms with Crippen molar-refractivity contribution in [2.75, 3.05) is 32.7 Å². The van der Waals surface area contributed by atoms with Crippen LogP contribution in [0.15, 0.2) is 24.5 Å². The van der Waals surface area contributed by atoms with Crippen LogP contribution >= 0.6 is 0 Å². The van der Waals surface area contributed by atoms with Crippen molar-refractivity contribution in [2.45, 2.75) is 64.5 Å². The number of amides is 1. The lowest BCUT2D eigenvalue weighted by atomic mass is 9.93. The van der Waals surface area contributed by atoms with E-state index in [0.29, 0.717) is 17.4 Å². The first kappa shape index (κ1) is 19.8. The van der Waals surface area contributed by atoms with Gasteiger partial charge in [0.05, 0.1) is 5.92 Å². The molecule has 3 heterocycles. The summed E-state index contributed by atoms with van der Waals surface area (Å²) in [5.41, 5.74) is 1.79. The summed E-state index contributed by atoms with van der Waals surface area (Å²) in [6, 6.07) is 4.88. The van der Waals surface area contributed by atoms with Gasteiger partial charge in [0.1, 0.15) is 0 Å². The Morgan fingerprint density at radius 1 is 1.18 bits per heavy atom. The molecule has 1 N–H and O–H groups in total. The van der Waals surface area contributed by atoms with Crippen LogP contribution in [0.1, 0.15) is 57.4 Å². The molecule has 4 rings (SSSR count). The van der Waals surface area contributed by atoms with E-state index in [9.17, 15) is 4.79 Å². The molecule has 3 aliphatic rings. The summed E-state index contributed by atoms with van der Waals surface area (Å²) in [5.74, 6) is 0.496. The summed E-state index contributed by atoms with van der Waals surface area (Å²) in [6.45, 7) is 8.60. The van der Waals surface area contributed by atoms with E-state index < -0.39 is 0 Å². The molecular formula is C23H36N4O. The van der Waals surface area contributed by atoms with Gasteiger partial charge in [-0.1, -0.05) is 6.92 Å². The molecule has 3 fully saturated rings. The molecule has 5 heteroatoms. The van der Waals surface area contributed by atoms with Crippen molar-refractivity contribution >= 4 is 5.91 Å². The van der Waals surface area contributed by atoms with E-state index in [2.05, 4.69) is 39.2 Å². The molecule has 28 heavy (non-hydrogen) atoms. The van der Waals surface area contributed by atoms with Crippen LogP contribution in [0.4, 0.5) is 0 Å². The van der Waals surface area contributed by atoms with Gasteiger partial charge >= 0.3 is 0 Å². The molecule has 1 saturated carbocycles. The third-order valence-electron chi connectivity index (χ3n) is 7.40. The number of aromatic nitrogens is 1. The Labute approximate surface area is 169 Å². The van der Waals surface area contributed by atoms with E-state index in [4.69, 9.17) is 0 Å². The Hall–Kier alpha value is -1.46. The third kappa shape index (κ3) is 4.93. The van der Waals surface area contributed by atoms with Gasteiger partial charge < -0.3 is 5.32 Å². The molecular weight excluding hydrogens is 348 g/mol. The van der Waals surface area contributed by atoms with E-state index in [0.717, 1.165) is 52.1 Å². The number of likely N-dealkylation sites (tertiary alicyclic amines) is 2. The first-order valence-corrected chi connectivity index (χ1v) is 11.3. The second-order valence-corrected chi connectivity index (χ2v) is 9.27. The van der Waals surface area contributed by atoms with Gasteiger partial charge in [0.25, 0.3) is 0 Å². The number of pyridine rings is 1. The minimum Gasteiger partial charge on any atom is -0.355 e. The standard InChI is InChI=1S/C23H36N4O/c1-2-23(9-10-23)18-25-22(28)20-4-3-13-27(17-20)21-7-14-26(15-8-21)16-19-5-11-24-12-6-19/h5-6,11-12,20-21H,2-4,7-10,13-18H2,1H3,(H,25,28)/t20-/m1/s1. The first-order chi connectivity index (χ1) is 13.7. The van der Waals surface area contributed by atoms with Crippen LogP contribution < -0.4 is 5.32 Å². The van der Waals surface area contributed by atoms with E-state index in [-0.39, 0.29) is 5.92 Å². The predicted octanol–water partition coefficient (Wildman–Crippen LogP) is 3.06. The summed E-state index contributed by atoms with van der Waals surface area (Å²) in [7, 11) is 0. The second kappa shape index (κ2) is 8.91. The van der Waals surface area contributed by atoms with Gasteiger partial charge in [-0.2, -0.15) is 0 Å². The minimum absolute atomic E-state index is 0.191. The molecule has 1 amide bonds. The zero-order valence-electron chi connectivity index (χ0n) is 17.4. The number of carbonyl (C=O) groups excluding carboxylic acids is 1. The van der Waals surface area contributed by atoms with Crippen LogP contribution in [0.25, 0.3) is 0 Å². The molecule has 2 aliphatic heterocycles. The number of hydrogen-bond acceptors (Lipinski definition) is 4. The molecule has 2 saturated heterocycles. The van der Waals surface area contributed by atoms with Crippen LogP contribution in [0.5, 0.6) is 0 Å². The maximum absolute atomic E-state index is 12.7. The maximum Gasteiger partial charge on any atom is 0.224 e. The van der Waals surface area contributed by atoms with Gasteiger partial charge in [-0.3, -0.25) is 19.6 Å². The van der Waals surface area contributed by atoms with Crippen molar-refractivity contribution in [1.29, 1.82) is 0 Å². The SMILES string of the molecule is CCC1(CNC(=O)[C@@H]2CCCN(C3CCN(Cc4ccncc4)CC3)C2)CC1. The smallest absolute Gasteiger partial charge is 0.224 e. The summed E-state index contributed by atoms with van der Waals surface area (Å²) in [4.78, 5) is 22.0. The highest BCUT2D eigenvalue weighted by molar-refractivity contribution is 5.79. The minimum atomic E-state index is 0.191. The van der Waals surface area contributed by atoms with Crippen molar-refractivity contribution in [3.63, 3.8) is 0 Å². The molecule has 0 unspecified atom stereocenters. The quantitative estimate of drug-likeness (QED) is 0.785. The van der Waals surface area contributed by atoms with E-state index in [1.807, 2.05) is 12.4 Å². The van der Waals surface area contributed by atoms with Gasteiger partial charge in [-0.15, -0.1) is 0 Å². The van der Waals surface area contributed by atoms with Crippen LogP contribution in [-0.4, -0.2) is 59.5 Å². The molecule has 0 aromatic carbocycles. The maximum atomic E-state index is 12.7. The predicted molar refractivity (Wildman–Crippen MR) is 112 cm³/mol. The number of rotatable bonds is 7. The number of piperidine rings is 2. The van der Waals surface area contributed by atoms with Crippen LogP contribution in [0, 0.1) is 11.3 Å². The third-order valence-corrected chi connectivity index (χ3v) is 7.40. The highest BCUT2D eigenvalue weighted by Gasteiger charge is 2.41. The molecule has 1 atom stereocenters. The van der Waals surface area contributed by atoms with Crippen molar-refractivity contribution in [2.24, 2.45) is 11.3 Å². The zero-order valence-corrected chi connectivity index (χ0v) is 17.4. The first-order valence-electron chi connectivity index (χ1n) is 11.3. The van der Waals surface area contributed by atoms with Crippen molar-refractivity contribution in [3.05, 3.63) is 30.1 Å². The summed E-state index contributed by atoms with van der Waals surface area (Å²) >= 11 is 0. The Bertz CT molecular complexity index is 637. The summed E-state index contributed by atoms with van der Waals surface area (Å²) < 4.78 is 0. The number of hydrogen-bond donors (Lipinski definition) is 1. The van der Waals surface area contributed by atoms with E-state index in [1.54, 1.807) is 0 Å². The molecule has 0 spiro atoms. The molecule has 5 nitrogen and oxygen atoms in total. The Morgan fingerprint density at radius 2 is 1.93 bits per heavy atom. The molecule has 0 radical (unpaired) electrons. The Morgan fingerprint density at radius 3 is 2.61 bits per heavy atom. The van der Waals surface area contributed by atoms with Crippen molar-refractivity contribution < 1.29 is 4.79 Å². The number of nitrogens with zero attached hydrogens (tertiary/aromatic N) is 3. The topological polar surface area (TPSA) is 48.5 Å². The summed E-state index contributed by atoms with van der Waals surface area (Å²) in [6.07, 6.45) is 12.2. The molecule has 1 aliphatic carbocycles. The highest BCUT2D eigenvalue weighted by atomic mass is 16.1. The number of carbonyl (C=O) groups is 1. The summed E-state index contributed by atoms with van der Waals surface area (Å²) in [5, 5.41) is 3.28. The largest absolute Gasteiger partial charge is 0.355 e. The Balaban J connectivity index is 1.22. The van der Waals surface area contributed by atoms with Gasteiger partial charge in [0.2, 0.25) is 5.91 Å². The second-order valence-electron chi connectivity index (χ2n) is 9.27. The fourth-order valence-electron chi connectivity index (χ4n) is 4.99. The van der Waals surface area contributed by atoms with Crippen molar-refractivity contribution in [3.8, 4) is 0 Å². The fraction of sp³-hybridized carbons (Fsp3) is 0.739. The molecule has 154 valence electrons. The average Bonchev–Trinajstić information content (AvgIpc) is 3.54. The number of nitrogens with one attached hydrogen (secondary N) is 1. The zero-order chi connectivity index (χ0) is 19.4. The van der Waals surface area contributed by atoms with Crippen LogP contribution in [0.2, 0.25) is 0 Å². The lowest BCUT2D eigenvalue weighted by Gasteiger charge is -2.42. The Kier molecular flexibility index (Phi) is 6.32. The van der Waals surface area contributed by atoms with Gasteiger partial charge in [-0.25, -0.2) is 0 Å². The molecule has 1 aromatic rings. The lowest BCUT2D eigenvalue weighted by Crippen LogP contribution is -2.51. The lowest BCUT2D eigenvalue weighted by molar-refractivity contribution is -0.127. The highest BCUT2D eigenvalue weighted by Crippen LogP contribution is 2.47. The van der Waals surface area contributed by atoms with Crippen LogP contribution in [0.3, 0.4) is 0 Å². The molecule has 0 bridgehead atoms. The monoisotopic (exact) mass is 384 g/mol. The van der Waals surface area contributed by atoms with Gasteiger partial charge in [0, 0.05) is 38.1 Å². The van der Waals surface area contributed by atoms with Gasteiger partial charge in [0.15, 0.2) is 0 Å². The van der Waals surface area contributed by atoms with Crippen LogP contribution in [-0.2, 0) is 11.3 Å². The molecule has 1 aromatic heterocycles. The van der Waals surface area contributed by atoms with E-state index >= 15 is 0 Å². The normalized spacial score (nSPS) is 26.1.